The van der Waals surface area contributed by atoms with Crippen LogP contribution in [0.25, 0.3) is 11.2 Å². The third-order valence-corrected chi connectivity index (χ3v) is 5.25. The summed E-state index contributed by atoms with van der Waals surface area (Å²) in [5, 5.41) is 3.09. The van der Waals surface area contributed by atoms with E-state index in [-0.39, 0.29) is 17.1 Å². The van der Waals surface area contributed by atoms with E-state index in [0.717, 1.165) is 25.5 Å². The number of rotatable bonds is 4. The van der Waals surface area contributed by atoms with Gasteiger partial charge in [0.05, 0.1) is 6.20 Å². The lowest BCUT2D eigenvalue weighted by molar-refractivity contribution is -0.144. The molecule has 3 aromatic rings. The summed E-state index contributed by atoms with van der Waals surface area (Å²) in [7, 11) is 0. The molecule has 4 rings (SSSR count). The highest BCUT2D eigenvalue weighted by molar-refractivity contribution is 5.87. The first-order valence-electron chi connectivity index (χ1n) is 9.26. The number of imidazole rings is 1. The maximum Gasteiger partial charge on any atom is 0.451 e. The predicted octanol–water partition coefficient (Wildman–Crippen LogP) is 3.73. The number of aromatic nitrogens is 4. The highest BCUT2D eigenvalue weighted by Crippen LogP contribution is 2.40. The number of carbonyl (C=O) groups excluding carboxylic acids is 1. The quantitative estimate of drug-likeness (QED) is 0.690. The van der Waals surface area contributed by atoms with Crippen molar-refractivity contribution in [1.82, 2.24) is 19.5 Å². The maximum absolute atomic E-state index is 13.2. The summed E-state index contributed by atoms with van der Waals surface area (Å²) in [6, 6.07) is 9.02. The van der Waals surface area contributed by atoms with Crippen LogP contribution in [0.15, 0.2) is 36.5 Å². The minimum atomic E-state index is -4.72. The van der Waals surface area contributed by atoms with Crippen molar-refractivity contribution >= 4 is 28.7 Å². The van der Waals surface area contributed by atoms with Crippen LogP contribution < -0.4 is 11.1 Å². The molecule has 0 unspecified atom stereocenters. The molecule has 1 fully saturated rings. The molecule has 0 spiro atoms. The summed E-state index contributed by atoms with van der Waals surface area (Å²) in [6.45, 7) is 0. The average molecular weight is 404 g/mol. The predicted molar refractivity (Wildman–Crippen MR) is 100 cm³/mol. The van der Waals surface area contributed by atoms with E-state index in [1.807, 2.05) is 6.07 Å². The van der Waals surface area contributed by atoms with Crippen LogP contribution in [0.3, 0.4) is 0 Å². The summed E-state index contributed by atoms with van der Waals surface area (Å²) >= 11 is 0. The van der Waals surface area contributed by atoms with Crippen molar-refractivity contribution in [3.8, 4) is 0 Å². The van der Waals surface area contributed by atoms with Gasteiger partial charge in [0, 0.05) is 5.69 Å². The number of halogens is 3. The van der Waals surface area contributed by atoms with Crippen molar-refractivity contribution < 1.29 is 18.0 Å². The van der Waals surface area contributed by atoms with Crippen molar-refractivity contribution in [2.45, 2.75) is 43.8 Å². The summed E-state index contributed by atoms with van der Waals surface area (Å²) in [5.74, 6) is -1.69. The molecule has 3 N–H and O–H groups in total. The van der Waals surface area contributed by atoms with Crippen molar-refractivity contribution in [3.05, 3.63) is 42.4 Å². The zero-order valence-corrected chi connectivity index (χ0v) is 15.4. The Morgan fingerprint density at radius 2 is 1.79 bits per heavy atom. The lowest BCUT2D eigenvalue weighted by Crippen LogP contribution is -2.48. The van der Waals surface area contributed by atoms with Crippen LogP contribution in [0.2, 0.25) is 0 Å². The molecule has 1 aliphatic carbocycles. The first-order chi connectivity index (χ1) is 13.8. The fourth-order valence-corrected chi connectivity index (χ4v) is 3.87. The Balaban J connectivity index is 1.96. The van der Waals surface area contributed by atoms with Gasteiger partial charge < -0.3 is 11.1 Å². The molecule has 7 nitrogen and oxygen atoms in total. The fraction of sp³-hybridized carbons (Fsp3) is 0.368. The summed E-state index contributed by atoms with van der Waals surface area (Å²) < 4.78 is 41.1. The number of benzene rings is 1. The number of alkyl halides is 3. The van der Waals surface area contributed by atoms with Crippen LogP contribution in [0.1, 0.15) is 37.9 Å². The zero-order chi connectivity index (χ0) is 20.6. The molecule has 0 atom stereocenters. The molecule has 0 bridgehead atoms. The Morgan fingerprint density at radius 3 is 2.41 bits per heavy atom. The Bertz CT molecular complexity index is 1040. The second-order valence-electron chi connectivity index (χ2n) is 7.12. The number of anilines is 2. The molecular formula is C19H19F3N6O. The first-order valence-corrected chi connectivity index (χ1v) is 9.26. The summed E-state index contributed by atoms with van der Waals surface area (Å²) in [4.78, 5) is 24.1. The standard InChI is InChI=1S/C19H19F3N6O/c20-19(21,22)16-24-11-13-14(27-16)28(18(15(23)29)9-5-2-6-10-18)17(26-13)25-12-7-3-1-4-8-12/h1,3-4,7-8,11H,2,5-6,9-10H2,(H2,23,29)(H,25,26). The SMILES string of the molecule is NC(=O)C1(n2c(Nc3ccccc3)nc3cnc(C(F)(F)F)nc32)CCCCC1. The Hall–Kier alpha value is -3.17. The molecule has 0 aliphatic heterocycles. The molecular weight excluding hydrogens is 385 g/mol. The van der Waals surface area contributed by atoms with E-state index in [2.05, 4.69) is 20.3 Å². The molecule has 0 saturated heterocycles. The topological polar surface area (TPSA) is 98.7 Å². The molecule has 1 amide bonds. The molecule has 1 aliphatic rings. The van der Waals surface area contributed by atoms with Gasteiger partial charge in [-0.25, -0.2) is 15.0 Å². The Kier molecular flexibility index (Phi) is 4.64. The van der Waals surface area contributed by atoms with Gasteiger partial charge in [-0.15, -0.1) is 0 Å². The second-order valence-corrected chi connectivity index (χ2v) is 7.12. The lowest BCUT2D eigenvalue weighted by atomic mass is 9.80. The number of hydrogen-bond acceptors (Lipinski definition) is 5. The lowest BCUT2D eigenvalue weighted by Gasteiger charge is -2.36. The molecule has 1 aromatic carbocycles. The van der Waals surface area contributed by atoms with Gasteiger partial charge in [0.2, 0.25) is 17.7 Å². The molecule has 29 heavy (non-hydrogen) atoms. The van der Waals surface area contributed by atoms with Gasteiger partial charge in [-0.05, 0) is 25.0 Å². The van der Waals surface area contributed by atoms with Crippen molar-refractivity contribution in [2.24, 2.45) is 5.73 Å². The van der Waals surface area contributed by atoms with Gasteiger partial charge >= 0.3 is 6.18 Å². The number of nitrogens with two attached hydrogens (primary N) is 1. The van der Waals surface area contributed by atoms with E-state index in [1.54, 1.807) is 24.3 Å². The number of nitrogens with zero attached hydrogens (tertiary/aromatic N) is 4. The number of para-hydroxylation sites is 1. The van der Waals surface area contributed by atoms with E-state index in [4.69, 9.17) is 5.73 Å². The van der Waals surface area contributed by atoms with Crippen LogP contribution in [0.5, 0.6) is 0 Å². The van der Waals surface area contributed by atoms with Gasteiger partial charge in [-0.3, -0.25) is 9.36 Å². The largest absolute Gasteiger partial charge is 0.451 e. The second kappa shape index (κ2) is 7.02. The minimum absolute atomic E-state index is 0.0635. The normalized spacial score (nSPS) is 16.7. The molecule has 2 aromatic heterocycles. The third kappa shape index (κ3) is 3.39. The highest BCUT2D eigenvalue weighted by Gasteiger charge is 2.44. The Morgan fingerprint density at radius 1 is 1.10 bits per heavy atom. The monoisotopic (exact) mass is 404 g/mol. The van der Waals surface area contributed by atoms with Crippen LogP contribution in [0.4, 0.5) is 24.8 Å². The third-order valence-electron chi connectivity index (χ3n) is 5.25. The van der Waals surface area contributed by atoms with Crippen LogP contribution in [-0.4, -0.2) is 25.4 Å². The van der Waals surface area contributed by atoms with E-state index in [9.17, 15) is 18.0 Å². The first kappa shape index (κ1) is 19.2. The Labute approximate surface area is 164 Å². The van der Waals surface area contributed by atoms with Gasteiger partial charge in [0.15, 0.2) is 5.65 Å². The van der Waals surface area contributed by atoms with Gasteiger partial charge in [-0.2, -0.15) is 13.2 Å². The van der Waals surface area contributed by atoms with E-state index in [0.29, 0.717) is 18.5 Å². The van der Waals surface area contributed by atoms with Crippen molar-refractivity contribution in [1.29, 1.82) is 0 Å². The maximum atomic E-state index is 13.2. The number of fused-ring (bicyclic) bond motifs is 1. The van der Waals surface area contributed by atoms with Gasteiger partial charge in [0.25, 0.3) is 0 Å². The molecule has 10 heteroatoms. The van der Waals surface area contributed by atoms with E-state index in [1.165, 1.54) is 4.57 Å². The van der Waals surface area contributed by atoms with E-state index < -0.39 is 23.4 Å². The van der Waals surface area contributed by atoms with E-state index >= 15 is 0 Å². The van der Waals surface area contributed by atoms with Crippen molar-refractivity contribution in [3.63, 3.8) is 0 Å². The molecule has 152 valence electrons. The highest BCUT2D eigenvalue weighted by atomic mass is 19.4. The minimum Gasteiger partial charge on any atom is -0.368 e. The molecule has 2 heterocycles. The van der Waals surface area contributed by atoms with Crippen LogP contribution in [0, 0.1) is 0 Å². The average Bonchev–Trinajstić information content (AvgIpc) is 3.06. The smallest absolute Gasteiger partial charge is 0.368 e. The summed E-state index contributed by atoms with van der Waals surface area (Å²) in [6.07, 6.45) is -0.509. The molecule has 0 radical (unpaired) electrons. The van der Waals surface area contributed by atoms with Crippen LogP contribution in [-0.2, 0) is 16.5 Å². The van der Waals surface area contributed by atoms with Gasteiger partial charge in [-0.1, -0.05) is 37.5 Å². The number of carbonyl (C=O) groups is 1. The summed E-state index contributed by atoms with van der Waals surface area (Å²) in [5.41, 5.74) is 5.34. The number of hydrogen-bond donors (Lipinski definition) is 2. The fourth-order valence-electron chi connectivity index (χ4n) is 3.87. The zero-order valence-electron chi connectivity index (χ0n) is 15.4. The number of nitrogens with one attached hydrogen (secondary N) is 1. The number of amides is 1. The van der Waals surface area contributed by atoms with Gasteiger partial charge in [0.1, 0.15) is 11.1 Å². The van der Waals surface area contributed by atoms with Crippen LogP contribution >= 0.6 is 0 Å². The number of primary amides is 1. The van der Waals surface area contributed by atoms with Crippen molar-refractivity contribution in [2.75, 3.05) is 5.32 Å². The molecule has 1 saturated carbocycles.